The second-order valence-corrected chi connectivity index (χ2v) is 7.25. The lowest BCUT2D eigenvalue weighted by molar-refractivity contribution is -0.125. The molecule has 0 aromatic heterocycles. The summed E-state index contributed by atoms with van der Waals surface area (Å²) in [6.45, 7) is 7.90. The van der Waals surface area contributed by atoms with Crippen LogP contribution in [0.15, 0.2) is 24.3 Å². The van der Waals surface area contributed by atoms with Gasteiger partial charge in [-0.3, -0.25) is 4.79 Å². The van der Waals surface area contributed by atoms with Gasteiger partial charge in [0.1, 0.15) is 0 Å². The van der Waals surface area contributed by atoms with E-state index in [4.69, 9.17) is 0 Å². The molecule has 2 atom stereocenters. The Labute approximate surface area is 120 Å². The van der Waals surface area contributed by atoms with Crippen molar-refractivity contribution < 1.29 is 4.79 Å². The molecule has 0 amide bonds. The molecule has 3 heteroatoms. The van der Waals surface area contributed by atoms with Crippen LogP contribution in [0.1, 0.15) is 36.7 Å². The van der Waals surface area contributed by atoms with E-state index in [0.29, 0.717) is 0 Å². The van der Waals surface area contributed by atoms with Crippen molar-refractivity contribution >= 4 is 37.6 Å². The third-order valence-electron chi connectivity index (χ3n) is 2.73. The summed E-state index contributed by atoms with van der Waals surface area (Å²) in [7, 11) is 0. The van der Waals surface area contributed by atoms with Crippen molar-refractivity contribution in [2.24, 2.45) is 5.41 Å². The monoisotopic (exact) mass is 360 g/mol. The zero-order chi connectivity index (χ0) is 13.2. The number of alkyl halides is 2. The van der Waals surface area contributed by atoms with Gasteiger partial charge in [0.25, 0.3) is 0 Å². The summed E-state index contributed by atoms with van der Waals surface area (Å²) >= 11 is 7.15. The molecule has 0 saturated heterocycles. The number of ketones is 1. The third kappa shape index (κ3) is 3.65. The standard InChI is InChI=1S/C14H18Br2O/c1-9-7-5-6-8-10(9)11(15)12(16)13(17)14(2,3)4/h5-8,11-12H,1-4H3. The first-order chi connectivity index (χ1) is 7.75. The maximum absolute atomic E-state index is 12.2. The molecule has 0 aliphatic carbocycles. The van der Waals surface area contributed by atoms with Crippen molar-refractivity contribution in [1.82, 2.24) is 0 Å². The smallest absolute Gasteiger partial charge is 0.153 e. The van der Waals surface area contributed by atoms with Gasteiger partial charge in [0, 0.05) is 5.41 Å². The van der Waals surface area contributed by atoms with E-state index in [0.717, 1.165) is 5.56 Å². The molecule has 0 spiro atoms. The second kappa shape index (κ2) is 5.66. The Kier molecular flexibility index (Phi) is 4.96. The molecule has 0 N–H and O–H groups in total. The Hall–Kier alpha value is -0.150. The number of carbonyl (C=O) groups excluding carboxylic acids is 1. The summed E-state index contributed by atoms with van der Waals surface area (Å²) in [4.78, 5) is 12.0. The lowest BCUT2D eigenvalue weighted by Gasteiger charge is -2.25. The van der Waals surface area contributed by atoms with Gasteiger partial charge in [0.05, 0.1) is 9.65 Å². The topological polar surface area (TPSA) is 17.1 Å². The number of carbonyl (C=O) groups is 1. The van der Waals surface area contributed by atoms with E-state index in [1.54, 1.807) is 0 Å². The summed E-state index contributed by atoms with van der Waals surface area (Å²) in [6, 6.07) is 8.12. The normalized spacial score (nSPS) is 15.4. The molecule has 0 fully saturated rings. The van der Waals surface area contributed by atoms with E-state index in [1.807, 2.05) is 32.9 Å². The fourth-order valence-corrected chi connectivity index (χ4v) is 3.33. The molecule has 0 radical (unpaired) electrons. The van der Waals surface area contributed by atoms with Gasteiger partial charge in [0.2, 0.25) is 0 Å². The van der Waals surface area contributed by atoms with Gasteiger partial charge in [-0.1, -0.05) is 76.9 Å². The Balaban J connectivity index is 2.95. The summed E-state index contributed by atoms with van der Waals surface area (Å²) in [5, 5.41) is 0. The van der Waals surface area contributed by atoms with E-state index >= 15 is 0 Å². The highest BCUT2D eigenvalue weighted by molar-refractivity contribution is 9.12. The van der Waals surface area contributed by atoms with Gasteiger partial charge >= 0.3 is 0 Å². The Morgan fingerprint density at radius 1 is 1.18 bits per heavy atom. The van der Waals surface area contributed by atoms with Crippen LogP contribution in [0.25, 0.3) is 0 Å². The average Bonchev–Trinajstić information content (AvgIpc) is 2.25. The van der Waals surface area contributed by atoms with Crippen LogP contribution in [-0.4, -0.2) is 10.6 Å². The Bertz CT molecular complexity index is 407. The van der Waals surface area contributed by atoms with Crippen LogP contribution >= 0.6 is 31.9 Å². The van der Waals surface area contributed by atoms with Crippen LogP contribution in [0.2, 0.25) is 0 Å². The van der Waals surface area contributed by atoms with Crippen molar-refractivity contribution in [3.05, 3.63) is 35.4 Å². The molecule has 1 nitrogen and oxygen atoms in total. The van der Waals surface area contributed by atoms with Crippen LogP contribution < -0.4 is 0 Å². The number of rotatable bonds is 3. The van der Waals surface area contributed by atoms with E-state index in [-0.39, 0.29) is 20.9 Å². The molecule has 0 aliphatic rings. The number of halogens is 2. The third-order valence-corrected chi connectivity index (χ3v) is 5.41. The van der Waals surface area contributed by atoms with Crippen molar-refractivity contribution in [1.29, 1.82) is 0 Å². The van der Waals surface area contributed by atoms with E-state index in [1.165, 1.54) is 5.56 Å². The highest BCUT2D eigenvalue weighted by Crippen LogP contribution is 2.36. The van der Waals surface area contributed by atoms with E-state index in [9.17, 15) is 4.79 Å². The molecule has 94 valence electrons. The molecule has 2 unspecified atom stereocenters. The number of hydrogen-bond acceptors (Lipinski definition) is 1. The van der Waals surface area contributed by atoms with Crippen LogP contribution in [0.5, 0.6) is 0 Å². The first-order valence-electron chi connectivity index (χ1n) is 5.63. The highest BCUT2D eigenvalue weighted by atomic mass is 79.9. The van der Waals surface area contributed by atoms with E-state index < -0.39 is 0 Å². The van der Waals surface area contributed by atoms with Crippen molar-refractivity contribution in [3.8, 4) is 0 Å². The molecule has 0 saturated carbocycles. The molecule has 17 heavy (non-hydrogen) atoms. The average molecular weight is 362 g/mol. The van der Waals surface area contributed by atoms with Gasteiger partial charge in [-0.25, -0.2) is 0 Å². The summed E-state index contributed by atoms with van der Waals surface area (Å²) in [5.41, 5.74) is 2.02. The van der Waals surface area contributed by atoms with Crippen molar-refractivity contribution in [3.63, 3.8) is 0 Å². The number of Topliss-reactive ketones (excluding diaryl/α,β-unsaturated/α-hetero) is 1. The van der Waals surface area contributed by atoms with E-state index in [2.05, 4.69) is 50.9 Å². The summed E-state index contributed by atoms with van der Waals surface area (Å²) in [6.07, 6.45) is 0. The summed E-state index contributed by atoms with van der Waals surface area (Å²) in [5.74, 6) is 0.211. The zero-order valence-corrected chi connectivity index (χ0v) is 13.8. The molecule has 1 aromatic carbocycles. The maximum Gasteiger partial charge on any atom is 0.153 e. The zero-order valence-electron chi connectivity index (χ0n) is 10.6. The largest absolute Gasteiger partial charge is 0.298 e. The predicted octanol–water partition coefficient (Wildman–Crippen LogP) is 4.81. The molecular weight excluding hydrogens is 344 g/mol. The number of aryl methyl sites for hydroxylation is 1. The molecule has 0 aliphatic heterocycles. The van der Waals surface area contributed by atoms with Gasteiger partial charge in [-0.15, -0.1) is 0 Å². The van der Waals surface area contributed by atoms with Gasteiger partial charge in [0.15, 0.2) is 5.78 Å². The lowest BCUT2D eigenvalue weighted by Crippen LogP contribution is -2.31. The van der Waals surface area contributed by atoms with Crippen LogP contribution in [0.3, 0.4) is 0 Å². The minimum absolute atomic E-state index is 0.00965. The summed E-state index contributed by atoms with van der Waals surface area (Å²) < 4.78 is 0. The quantitative estimate of drug-likeness (QED) is 0.706. The lowest BCUT2D eigenvalue weighted by atomic mass is 9.87. The molecular formula is C14H18Br2O. The minimum atomic E-state index is -0.330. The van der Waals surface area contributed by atoms with Crippen LogP contribution in [0.4, 0.5) is 0 Å². The van der Waals surface area contributed by atoms with Crippen LogP contribution in [-0.2, 0) is 4.79 Å². The minimum Gasteiger partial charge on any atom is -0.298 e. The molecule has 0 heterocycles. The van der Waals surface area contributed by atoms with Gasteiger partial charge in [-0.05, 0) is 18.1 Å². The molecule has 0 bridgehead atoms. The fraction of sp³-hybridized carbons (Fsp3) is 0.500. The SMILES string of the molecule is Cc1ccccc1C(Br)C(Br)C(=O)C(C)(C)C. The number of benzene rings is 1. The van der Waals surface area contributed by atoms with Crippen molar-refractivity contribution in [2.75, 3.05) is 0 Å². The van der Waals surface area contributed by atoms with Crippen molar-refractivity contribution in [2.45, 2.75) is 37.3 Å². The first-order valence-corrected chi connectivity index (χ1v) is 7.46. The second-order valence-electron chi connectivity index (χ2n) is 5.27. The van der Waals surface area contributed by atoms with Crippen LogP contribution in [0, 0.1) is 12.3 Å². The fourth-order valence-electron chi connectivity index (χ4n) is 1.60. The number of hydrogen-bond donors (Lipinski definition) is 0. The first kappa shape index (κ1) is 14.9. The van der Waals surface area contributed by atoms with Gasteiger partial charge < -0.3 is 0 Å². The van der Waals surface area contributed by atoms with Gasteiger partial charge in [-0.2, -0.15) is 0 Å². The predicted molar refractivity (Wildman–Crippen MR) is 80.0 cm³/mol. The molecule has 1 rings (SSSR count). The Morgan fingerprint density at radius 3 is 2.18 bits per heavy atom. The molecule has 1 aromatic rings. The highest BCUT2D eigenvalue weighted by Gasteiger charge is 2.33. The maximum atomic E-state index is 12.2. The Morgan fingerprint density at radius 2 is 1.71 bits per heavy atom.